The van der Waals surface area contributed by atoms with Crippen molar-refractivity contribution in [1.82, 2.24) is 19.9 Å². The van der Waals surface area contributed by atoms with Crippen molar-refractivity contribution in [1.29, 1.82) is 0 Å². The number of fused-ring (bicyclic) bond motifs is 1. The lowest BCUT2D eigenvalue weighted by atomic mass is 10.1. The molecule has 0 aliphatic carbocycles. The van der Waals surface area contributed by atoms with Crippen LogP contribution in [0, 0.1) is 6.92 Å². The van der Waals surface area contributed by atoms with E-state index in [2.05, 4.69) is 21.3 Å². The third-order valence-electron chi connectivity index (χ3n) is 5.69. The molecule has 0 atom stereocenters. The first-order valence-electron chi connectivity index (χ1n) is 10.5. The van der Waals surface area contributed by atoms with Gasteiger partial charge in [0.1, 0.15) is 11.5 Å². The maximum atomic E-state index is 12.7. The molecule has 2 saturated heterocycles. The number of anilines is 3. The maximum Gasteiger partial charge on any atom is 0.254 e. The first-order chi connectivity index (χ1) is 14.7. The second-order valence-corrected chi connectivity index (χ2v) is 7.89. The lowest BCUT2D eigenvalue weighted by molar-refractivity contribution is 0.0303. The van der Waals surface area contributed by atoms with E-state index in [0.29, 0.717) is 31.9 Å². The molecule has 2 aromatic heterocycles. The van der Waals surface area contributed by atoms with E-state index in [1.165, 1.54) is 12.8 Å². The fraction of sp³-hybridized carbons (Fsp3) is 0.409. The van der Waals surface area contributed by atoms with Gasteiger partial charge in [-0.3, -0.25) is 4.79 Å². The van der Waals surface area contributed by atoms with Crippen LogP contribution >= 0.6 is 0 Å². The number of H-pyrrole nitrogens is 1. The molecule has 1 amide bonds. The predicted octanol–water partition coefficient (Wildman–Crippen LogP) is 3.08. The van der Waals surface area contributed by atoms with Gasteiger partial charge >= 0.3 is 0 Å². The summed E-state index contributed by atoms with van der Waals surface area (Å²) in [5.74, 6) is 1.58. The quantitative estimate of drug-likeness (QED) is 0.693. The molecule has 156 valence electrons. The van der Waals surface area contributed by atoms with Gasteiger partial charge < -0.3 is 24.8 Å². The molecule has 0 saturated carbocycles. The monoisotopic (exact) mass is 406 g/mol. The van der Waals surface area contributed by atoms with Gasteiger partial charge in [-0.1, -0.05) is 0 Å². The zero-order valence-corrected chi connectivity index (χ0v) is 17.1. The number of amides is 1. The van der Waals surface area contributed by atoms with Crippen molar-refractivity contribution in [3.63, 3.8) is 0 Å². The molecule has 2 N–H and O–H groups in total. The molecule has 3 aromatic rings. The summed E-state index contributed by atoms with van der Waals surface area (Å²) < 4.78 is 5.33. The van der Waals surface area contributed by atoms with E-state index in [9.17, 15) is 4.79 Å². The molecule has 0 radical (unpaired) electrons. The van der Waals surface area contributed by atoms with E-state index >= 15 is 0 Å². The SMILES string of the molecule is Cc1cc2c(Nc3ccc(C(=O)N4CCOCC4)cc3)nc(N3CCCC3)nc2[nH]1. The van der Waals surface area contributed by atoms with Crippen LogP contribution in [0.5, 0.6) is 0 Å². The summed E-state index contributed by atoms with van der Waals surface area (Å²) in [6, 6.07) is 9.64. The third-order valence-corrected chi connectivity index (χ3v) is 5.69. The van der Waals surface area contributed by atoms with Crippen LogP contribution in [0.4, 0.5) is 17.5 Å². The van der Waals surface area contributed by atoms with Crippen molar-refractivity contribution in [2.24, 2.45) is 0 Å². The molecule has 0 unspecified atom stereocenters. The Bertz CT molecular complexity index is 1050. The van der Waals surface area contributed by atoms with Crippen LogP contribution in [-0.2, 0) is 4.74 Å². The fourth-order valence-corrected chi connectivity index (χ4v) is 4.06. The van der Waals surface area contributed by atoms with E-state index in [1.54, 1.807) is 0 Å². The average molecular weight is 406 g/mol. The molecular weight excluding hydrogens is 380 g/mol. The summed E-state index contributed by atoms with van der Waals surface area (Å²) in [6.07, 6.45) is 2.35. The Labute approximate surface area is 175 Å². The van der Waals surface area contributed by atoms with E-state index in [4.69, 9.17) is 14.7 Å². The highest BCUT2D eigenvalue weighted by Crippen LogP contribution is 2.28. The van der Waals surface area contributed by atoms with Crippen LogP contribution in [0.2, 0.25) is 0 Å². The Morgan fingerprint density at radius 3 is 2.53 bits per heavy atom. The van der Waals surface area contributed by atoms with Gasteiger partial charge in [-0.15, -0.1) is 0 Å². The smallest absolute Gasteiger partial charge is 0.254 e. The van der Waals surface area contributed by atoms with Gasteiger partial charge in [0, 0.05) is 43.1 Å². The Morgan fingerprint density at radius 1 is 1.07 bits per heavy atom. The van der Waals surface area contributed by atoms with Crippen molar-refractivity contribution >= 4 is 34.4 Å². The van der Waals surface area contributed by atoms with E-state index in [0.717, 1.165) is 47.3 Å². The number of benzene rings is 1. The Hall–Kier alpha value is -3.13. The zero-order valence-electron chi connectivity index (χ0n) is 17.1. The van der Waals surface area contributed by atoms with E-state index < -0.39 is 0 Å². The normalized spacial score (nSPS) is 17.0. The topological polar surface area (TPSA) is 86.4 Å². The molecule has 2 aliphatic heterocycles. The number of hydrogen-bond donors (Lipinski definition) is 2. The van der Waals surface area contributed by atoms with Gasteiger partial charge in [0.25, 0.3) is 5.91 Å². The highest BCUT2D eigenvalue weighted by atomic mass is 16.5. The van der Waals surface area contributed by atoms with Crippen molar-refractivity contribution in [2.75, 3.05) is 49.6 Å². The van der Waals surface area contributed by atoms with Crippen LogP contribution in [0.25, 0.3) is 11.0 Å². The molecule has 30 heavy (non-hydrogen) atoms. The zero-order chi connectivity index (χ0) is 20.5. The van der Waals surface area contributed by atoms with Gasteiger partial charge in [0.05, 0.1) is 18.6 Å². The van der Waals surface area contributed by atoms with Crippen molar-refractivity contribution < 1.29 is 9.53 Å². The first-order valence-corrected chi connectivity index (χ1v) is 10.5. The molecular formula is C22H26N6O2. The van der Waals surface area contributed by atoms with Crippen LogP contribution in [0.15, 0.2) is 30.3 Å². The van der Waals surface area contributed by atoms with Crippen molar-refractivity contribution in [3.8, 4) is 0 Å². The van der Waals surface area contributed by atoms with Gasteiger partial charge in [-0.25, -0.2) is 0 Å². The molecule has 1 aromatic carbocycles. The van der Waals surface area contributed by atoms with Crippen molar-refractivity contribution in [2.45, 2.75) is 19.8 Å². The molecule has 8 heteroatoms. The number of morpholine rings is 1. The standard InChI is InChI=1S/C22H26N6O2/c1-15-14-18-19(23-15)25-22(28-8-2-3-9-28)26-20(18)24-17-6-4-16(5-7-17)21(29)27-10-12-30-13-11-27/h4-7,14H,2-3,8-13H2,1H3,(H2,23,24,25,26). The van der Waals surface area contributed by atoms with Gasteiger partial charge in [0.2, 0.25) is 5.95 Å². The van der Waals surface area contributed by atoms with Crippen LogP contribution < -0.4 is 10.2 Å². The van der Waals surface area contributed by atoms with Gasteiger partial charge in [-0.2, -0.15) is 9.97 Å². The number of ether oxygens (including phenoxy) is 1. The summed E-state index contributed by atoms with van der Waals surface area (Å²) in [5, 5.41) is 4.39. The Kier molecular flexibility index (Phi) is 5.00. The second kappa shape index (κ2) is 7.95. The lowest BCUT2D eigenvalue weighted by Gasteiger charge is -2.26. The largest absolute Gasteiger partial charge is 0.378 e. The minimum Gasteiger partial charge on any atom is -0.378 e. The number of carbonyl (C=O) groups excluding carboxylic acids is 1. The summed E-state index contributed by atoms with van der Waals surface area (Å²) in [7, 11) is 0. The minimum absolute atomic E-state index is 0.0480. The van der Waals surface area contributed by atoms with Gasteiger partial charge in [0.15, 0.2) is 0 Å². The van der Waals surface area contributed by atoms with Crippen LogP contribution in [0.1, 0.15) is 28.9 Å². The number of aromatic amines is 1. The number of carbonyl (C=O) groups is 1. The van der Waals surface area contributed by atoms with Crippen LogP contribution in [0.3, 0.4) is 0 Å². The molecule has 0 bridgehead atoms. The molecule has 2 fully saturated rings. The molecule has 2 aliphatic rings. The predicted molar refractivity (Wildman–Crippen MR) is 117 cm³/mol. The van der Waals surface area contributed by atoms with E-state index in [1.807, 2.05) is 36.1 Å². The molecule has 5 rings (SSSR count). The summed E-state index contributed by atoms with van der Waals surface area (Å²) in [4.78, 5) is 29.6. The number of rotatable bonds is 4. The van der Waals surface area contributed by atoms with Gasteiger partial charge in [-0.05, 0) is 50.1 Å². The highest BCUT2D eigenvalue weighted by molar-refractivity contribution is 5.95. The average Bonchev–Trinajstić information content (AvgIpc) is 3.44. The first kappa shape index (κ1) is 18.9. The second-order valence-electron chi connectivity index (χ2n) is 7.89. The van der Waals surface area contributed by atoms with E-state index in [-0.39, 0.29) is 5.91 Å². The minimum atomic E-state index is 0.0480. The fourth-order valence-electron chi connectivity index (χ4n) is 4.06. The molecule has 0 spiro atoms. The number of aryl methyl sites for hydroxylation is 1. The molecule has 4 heterocycles. The van der Waals surface area contributed by atoms with Crippen molar-refractivity contribution in [3.05, 3.63) is 41.6 Å². The summed E-state index contributed by atoms with van der Waals surface area (Å²) in [6.45, 7) is 6.49. The lowest BCUT2D eigenvalue weighted by Crippen LogP contribution is -2.40. The number of nitrogens with zero attached hydrogens (tertiary/aromatic N) is 4. The molecule has 8 nitrogen and oxygen atoms in total. The van der Waals surface area contributed by atoms with Crippen LogP contribution in [-0.4, -0.2) is 65.2 Å². The Morgan fingerprint density at radius 2 is 1.80 bits per heavy atom. The number of nitrogens with one attached hydrogen (secondary N) is 2. The maximum absolute atomic E-state index is 12.7. The number of aromatic nitrogens is 3. The summed E-state index contributed by atoms with van der Waals surface area (Å²) >= 11 is 0. The Balaban J connectivity index is 1.40. The third kappa shape index (κ3) is 3.70. The highest BCUT2D eigenvalue weighted by Gasteiger charge is 2.20. The number of hydrogen-bond acceptors (Lipinski definition) is 6. The summed E-state index contributed by atoms with van der Waals surface area (Å²) in [5.41, 5.74) is 3.46.